The molecule has 4 aromatic rings. The summed E-state index contributed by atoms with van der Waals surface area (Å²) in [7, 11) is 3.22. The molecular weight excluding hydrogens is 434 g/mol. The number of ether oxygens (including phenoxy) is 4. The van der Waals surface area contributed by atoms with E-state index in [2.05, 4.69) is 21.7 Å². The number of H-pyrrole nitrogens is 1. The third-order valence-corrected chi connectivity index (χ3v) is 5.90. The molecule has 0 spiro atoms. The normalized spacial score (nSPS) is 12.9. The van der Waals surface area contributed by atoms with Crippen LogP contribution >= 0.6 is 0 Å². The number of para-hydroxylation sites is 1. The van der Waals surface area contributed by atoms with Gasteiger partial charge in [0.15, 0.2) is 23.0 Å². The number of methoxy groups -OCH3 is 2. The van der Waals surface area contributed by atoms with Crippen LogP contribution in [-0.4, -0.2) is 38.6 Å². The fourth-order valence-electron chi connectivity index (χ4n) is 4.20. The predicted octanol–water partition coefficient (Wildman–Crippen LogP) is 4.87. The van der Waals surface area contributed by atoms with E-state index >= 15 is 0 Å². The number of benzene rings is 3. The molecule has 3 N–H and O–H groups in total. The number of rotatable bonds is 7. The third kappa shape index (κ3) is 4.17. The fourth-order valence-corrected chi connectivity index (χ4v) is 4.20. The van der Waals surface area contributed by atoms with Gasteiger partial charge < -0.3 is 34.6 Å². The first-order valence-electron chi connectivity index (χ1n) is 10.9. The van der Waals surface area contributed by atoms with Crippen molar-refractivity contribution in [1.82, 2.24) is 10.3 Å². The first-order chi connectivity index (χ1) is 16.7. The fraction of sp³-hybridized carbons (Fsp3) is 0.192. The van der Waals surface area contributed by atoms with Crippen molar-refractivity contribution in [3.05, 3.63) is 78.0 Å². The lowest BCUT2D eigenvalue weighted by Crippen LogP contribution is -2.32. The van der Waals surface area contributed by atoms with E-state index in [0.717, 1.165) is 22.0 Å². The number of nitrogens with one attached hydrogen (secondary N) is 3. The van der Waals surface area contributed by atoms with Crippen LogP contribution in [0.3, 0.4) is 0 Å². The van der Waals surface area contributed by atoms with E-state index in [4.69, 9.17) is 18.9 Å². The Morgan fingerprint density at radius 3 is 2.68 bits per heavy atom. The van der Waals surface area contributed by atoms with Crippen LogP contribution in [0.25, 0.3) is 10.9 Å². The molecule has 3 aromatic carbocycles. The lowest BCUT2D eigenvalue weighted by molar-refractivity contribution is 0.174. The molecule has 0 radical (unpaired) electrons. The van der Waals surface area contributed by atoms with Crippen molar-refractivity contribution >= 4 is 22.6 Å². The molecule has 0 fully saturated rings. The number of anilines is 1. The lowest BCUT2D eigenvalue weighted by atomic mass is 9.90. The van der Waals surface area contributed by atoms with Gasteiger partial charge in [-0.1, -0.05) is 24.3 Å². The van der Waals surface area contributed by atoms with Gasteiger partial charge in [-0.2, -0.15) is 0 Å². The molecule has 8 nitrogen and oxygen atoms in total. The predicted molar refractivity (Wildman–Crippen MR) is 129 cm³/mol. The van der Waals surface area contributed by atoms with Gasteiger partial charge in [-0.3, -0.25) is 0 Å². The molecule has 0 saturated heterocycles. The van der Waals surface area contributed by atoms with E-state index in [-0.39, 0.29) is 18.7 Å². The molecule has 2 amide bonds. The smallest absolute Gasteiger partial charge is 0.319 e. The van der Waals surface area contributed by atoms with Gasteiger partial charge in [0.25, 0.3) is 0 Å². The summed E-state index contributed by atoms with van der Waals surface area (Å²) in [5.74, 6) is 2.43. The Balaban J connectivity index is 1.40. The number of aromatic nitrogens is 1. The molecule has 1 aliphatic heterocycles. The van der Waals surface area contributed by atoms with E-state index in [1.807, 2.05) is 42.6 Å². The van der Waals surface area contributed by atoms with Gasteiger partial charge >= 0.3 is 6.03 Å². The van der Waals surface area contributed by atoms with Crippen LogP contribution in [0, 0.1) is 0 Å². The monoisotopic (exact) mass is 459 g/mol. The molecule has 2 heterocycles. The van der Waals surface area contributed by atoms with E-state index in [9.17, 15) is 4.79 Å². The number of carbonyl (C=O) groups excluding carboxylic acids is 1. The SMILES string of the molecule is COc1ccc([C@H](CNC(=O)Nc2ccc3c(c2)OCO3)c2c[nH]c3ccccc23)cc1OC. The number of hydrogen-bond donors (Lipinski definition) is 3. The molecule has 34 heavy (non-hydrogen) atoms. The highest BCUT2D eigenvalue weighted by molar-refractivity contribution is 5.90. The highest BCUT2D eigenvalue weighted by Crippen LogP contribution is 2.36. The van der Waals surface area contributed by atoms with Crippen LogP contribution in [0.2, 0.25) is 0 Å². The van der Waals surface area contributed by atoms with E-state index < -0.39 is 0 Å². The third-order valence-electron chi connectivity index (χ3n) is 5.90. The van der Waals surface area contributed by atoms with Crippen LogP contribution in [0.5, 0.6) is 23.0 Å². The summed E-state index contributed by atoms with van der Waals surface area (Å²) in [6.07, 6.45) is 1.99. The van der Waals surface area contributed by atoms with Crippen molar-refractivity contribution in [3.8, 4) is 23.0 Å². The summed E-state index contributed by atoms with van der Waals surface area (Å²) in [6.45, 7) is 0.552. The van der Waals surface area contributed by atoms with Crippen molar-refractivity contribution < 1.29 is 23.7 Å². The van der Waals surface area contributed by atoms with Gasteiger partial charge in [-0.05, 0) is 41.5 Å². The zero-order valence-electron chi connectivity index (χ0n) is 18.9. The first-order valence-corrected chi connectivity index (χ1v) is 10.9. The van der Waals surface area contributed by atoms with E-state index in [1.165, 1.54) is 0 Å². The highest BCUT2D eigenvalue weighted by atomic mass is 16.7. The van der Waals surface area contributed by atoms with Gasteiger partial charge in [-0.15, -0.1) is 0 Å². The molecule has 0 bridgehead atoms. The molecule has 0 aliphatic carbocycles. The Morgan fingerprint density at radius 1 is 1.00 bits per heavy atom. The molecule has 174 valence electrons. The van der Waals surface area contributed by atoms with Crippen molar-refractivity contribution in [1.29, 1.82) is 0 Å². The Labute approximate surface area is 196 Å². The maximum absolute atomic E-state index is 12.8. The molecule has 1 aromatic heterocycles. The second-order valence-corrected chi connectivity index (χ2v) is 7.86. The summed E-state index contributed by atoms with van der Waals surface area (Å²) in [6, 6.07) is 18.9. The quantitative estimate of drug-likeness (QED) is 0.367. The number of fused-ring (bicyclic) bond motifs is 2. The van der Waals surface area contributed by atoms with E-state index in [0.29, 0.717) is 35.2 Å². The Morgan fingerprint density at radius 2 is 1.82 bits per heavy atom. The van der Waals surface area contributed by atoms with Gasteiger partial charge in [0.2, 0.25) is 6.79 Å². The Kier molecular flexibility index (Phi) is 5.86. The molecule has 0 unspecified atom stereocenters. The number of carbonyl (C=O) groups is 1. The zero-order valence-corrected chi connectivity index (χ0v) is 18.9. The maximum Gasteiger partial charge on any atom is 0.319 e. The second kappa shape index (κ2) is 9.27. The number of hydrogen-bond acceptors (Lipinski definition) is 5. The van der Waals surface area contributed by atoms with Crippen LogP contribution in [0.15, 0.2) is 66.9 Å². The average molecular weight is 460 g/mol. The molecular formula is C26H25N3O5. The maximum atomic E-state index is 12.8. The average Bonchev–Trinajstić information content (AvgIpc) is 3.51. The van der Waals surface area contributed by atoms with Crippen LogP contribution in [-0.2, 0) is 0 Å². The van der Waals surface area contributed by atoms with Gasteiger partial charge in [0.05, 0.1) is 14.2 Å². The number of amides is 2. The van der Waals surface area contributed by atoms with Crippen molar-refractivity contribution in [2.75, 3.05) is 32.9 Å². The van der Waals surface area contributed by atoms with Crippen LogP contribution < -0.4 is 29.6 Å². The van der Waals surface area contributed by atoms with Gasteiger partial charge in [0, 0.05) is 41.3 Å². The topological polar surface area (TPSA) is 93.8 Å². The minimum Gasteiger partial charge on any atom is -0.493 e. The van der Waals surface area contributed by atoms with Gasteiger partial charge in [0.1, 0.15) is 0 Å². The molecule has 1 aliphatic rings. The minimum absolute atomic E-state index is 0.126. The Hall–Kier alpha value is -4.33. The number of aromatic amines is 1. The van der Waals surface area contributed by atoms with Crippen molar-refractivity contribution in [2.45, 2.75) is 5.92 Å². The highest BCUT2D eigenvalue weighted by Gasteiger charge is 2.21. The molecule has 0 saturated carbocycles. The van der Waals surface area contributed by atoms with Crippen molar-refractivity contribution in [2.24, 2.45) is 0 Å². The summed E-state index contributed by atoms with van der Waals surface area (Å²) in [5, 5.41) is 6.97. The largest absolute Gasteiger partial charge is 0.493 e. The minimum atomic E-state index is -0.316. The lowest BCUT2D eigenvalue weighted by Gasteiger charge is -2.20. The summed E-state index contributed by atoms with van der Waals surface area (Å²) in [5.41, 5.74) is 3.72. The molecule has 5 rings (SSSR count). The Bertz CT molecular complexity index is 1330. The summed E-state index contributed by atoms with van der Waals surface area (Å²) >= 11 is 0. The second-order valence-electron chi connectivity index (χ2n) is 7.86. The van der Waals surface area contributed by atoms with E-state index in [1.54, 1.807) is 32.4 Å². The number of urea groups is 1. The molecule has 8 heteroatoms. The first kappa shape index (κ1) is 21.5. The summed E-state index contributed by atoms with van der Waals surface area (Å²) in [4.78, 5) is 16.1. The van der Waals surface area contributed by atoms with Crippen molar-refractivity contribution in [3.63, 3.8) is 0 Å². The zero-order chi connectivity index (χ0) is 23.5. The van der Waals surface area contributed by atoms with Gasteiger partial charge in [-0.25, -0.2) is 4.79 Å². The standard InChI is InChI=1S/C26H25N3O5/c1-31-22-9-7-16(11-24(22)32-2)19(20-14-27-21-6-4-3-5-18(20)21)13-28-26(30)29-17-8-10-23-25(12-17)34-15-33-23/h3-12,14,19,27H,13,15H2,1-2H3,(H2,28,29,30)/t19-/m0/s1. The molecule has 1 atom stereocenters. The van der Waals surface area contributed by atoms with Crippen LogP contribution in [0.1, 0.15) is 17.0 Å². The van der Waals surface area contributed by atoms with Crippen LogP contribution in [0.4, 0.5) is 10.5 Å². The summed E-state index contributed by atoms with van der Waals surface area (Å²) < 4.78 is 21.6.